The molecule has 1 aromatic heterocycles. The third-order valence-corrected chi connectivity index (χ3v) is 5.42. The van der Waals surface area contributed by atoms with Crippen molar-refractivity contribution in [3.05, 3.63) is 17.5 Å². The number of nitrogens with zero attached hydrogens (tertiary/aromatic N) is 1. The lowest BCUT2D eigenvalue weighted by Crippen LogP contribution is -2.15. The zero-order chi connectivity index (χ0) is 13.5. The van der Waals surface area contributed by atoms with Gasteiger partial charge in [-0.3, -0.25) is 5.10 Å². The second kappa shape index (κ2) is 4.60. The Balaban J connectivity index is 1.72. The quantitative estimate of drug-likeness (QED) is 0.810. The van der Waals surface area contributed by atoms with Gasteiger partial charge in [-0.05, 0) is 50.0 Å². The summed E-state index contributed by atoms with van der Waals surface area (Å²) in [5.41, 5.74) is 1.24. The first-order valence-electron chi connectivity index (χ1n) is 7.85. The molecule has 2 fully saturated rings. The van der Waals surface area contributed by atoms with E-state index in [2.05, 4.69) is 24.0 Å². The van der Waals surface area contributed by atoms with Crippen molar-refractivity contribution in [1.82, 2.24) is 10.2 Å². The molecule has 0 aromatic carbocycles. The minimum absolute atomic E-state index is 0.525. The predicted molar refractivity (Wildman–Crippen MR) is 74.8 cm³/mol. The van der Waals surface area contributed by atoms with Crippen molar-refractivity contribution >= 4 is 0 Å². The van der Waals surface area contributed by atoms with E-state index in [9.17, 15) is 4.39 Å². The Bertz CT molecular complexity index is 449. The standard InChI is InChI=1S/C16H25FN2/c1-3-6-15(4-2)7-5-12(11-15)13-10-14(19-18-13)16(17)8-9-16/h10,12H,3-9,11H2,1-2H3,(H,18,19). The molecule has 2 aliphatic carbocycles. The molecule has 1 aromatic rings. The summed E-state index contributed by atoms with van der Waals surface area (Å²) in [6, 6.07) is 2.00. The van der Waals surface area contributed by atoms with Crippen molar-refractivity contribution in [1.29, 1.82) is 0 Å². The Kier molecular flexibility index (Phi) is 3.18. The van der Waals surface area contributed by atoms with Crippen LogP contribution in [0.25, 0.3) is 0 Å². The highest BCUT2D eigenvalue weighted by molar-refractivity contribution is 5.24. The van der Waals surface area contributed by atoms with Crippen LogP contribution >= 0.6 is 0 Å². The highest BCUT2D eigenvalue weighted by atomic mass is 19.1. The van der Waals surface area contributed by atoms with Crippen LogP contribution in [-0.4, -0.2) is 10.2 Å². The zero-order valence-electron chi connectivity index (χ0n) is 12.1. The maximum atomic E-state index is 14.0. The second-order valence-corrected chi connectivity index (χ2v) is 6.72. The molecule has 2 aliphatic rings. The van der Waals surface area contributed by atoms with Crippen LogP contribution in [0.4, 0.5) is 4.39 Å². The second-order valence-electron chi connectivity index (χ2n) is 6.72. The normalized spacial score (nSPS) is 32.7. The van der Waals surface area contributed by atoms with Gasteiger partial charge in [0.2, 0.25) is 0 Å². The molecule has 19 heavy (non-hydrogen) atoms. The number of aromatic amines is 1. The first kappa shape index (κ1) is 13.1. The van der Waals surface area contributed by atoms with Gasteiger partial charge in [0.15, 0.2) is 5.67 Å². The van der Waals surface area contributed by atoms with Gasteiger partial charge in [0.05, 0.1) is 5.69 Å². The molecule has 3 heteroatoms. The summed E-state index contributed by atoms with van der Waals surface area (Å²) in [6.07, 6.45) is 8.96. The van der Waals surface area contributed by atoms with E-state index in [0.29, 0.717) is 29.9 Å². The van der Waals surface area contributed by atoms with Gasteiger partial charge in [-0.2, -0.15) is 5.10 Å². The minimum Gasteiger partial charge on any atom is -0.282 e. The maximum Gasteiger partial charge on any atom is 0.154 e. The van der Waals surface area contributed by atoms with E-state index in [1.165, 1.54) is 44.2 Å². The van der Waals surface area contributed by atoms with Crippen molar-refractivity contribution in [2.24, 2.45) is 5.41 Å². The summed E-state index contributed by atoms with van der Waals surface area (Å²) >= 11 is 0. The first-order chi connectivity index (χ1) is 9.11. The molecule has 106 valence electrons. The molecule has 3 rings (SSSR count). The summed E-state index contributed by atoms with van der Waals surface area (Å²) in [4.78, 5) is 0. The Labute approximate surface area is 115 Å². The van der Waals surface area contributed by atoms with Crippen LogP contribution in [0.1, 0.15) is 82.5 Å². The Morgan fingerprint density at radius 2 is 2.16 bits per heavy atom. The van der Waals surface area contributed by atoms with Crippen LogP contribution in [0.5, 0.6) is 0 Å². The molecule has 0 amide bonds. The fraction of sp³-hybridized carbons (Fsp3) is 0.812. The molecule has 0 aliphatic heterocycles. The SMILES string of the molecule is CCCC1(CC)CCC(c2cc(C3(F)CC3)n[nH]2)C1. The number of H-pyrrole nitrogens is 1. The van der Waals surface area contributed by atoms with Gasteiger partial charge in [-0.1, -0.05) is 26.7 Å². The van der Waals surface area contributed by atoms with E-state index in [-0.39, 0.29) is 0 Å². The molecule has 1 N–H and O–H groups in total. The van der Waals surface area contributed by atoms with Gasteiger partial charge < -0.3 is 0 Å². The van der Waals surface area contributed by atoms with Gasteiger partial charge in [0.25, 0.3) is 0 Å². The van der Waals surface area contributed by atoms with Crippen LogP contribution < -0.4 is 0 Å². The average Bonchev–Trinajstić information content (AvgIpc) is 2.87. The van der Waals surface area contributed by atoms with Crippen LogP contribution in [0.15, 0.2) is 6.07 Å². The molecule has 0 spiro atoms. The molecule has 2 atom stereocenters. The van der Waals surface area contributed by atoms with Gasteiger partial charge in [-0.15, -0.1) is 0 Å². The highest BCUT2D eigenvalue weighted by Gasteiger charge is 2.47. The summed E-state index contributed by atoms with van der Waals surface area (Å²) in [6.45, 7) is 4.59. The van der Waals surface area contributed by atoms with E-state index in [4.69, 9.17) is 0 Å². The molecular weight excluding hydrogens is 239 g/mol. The summed E-state index contributed by atoms with van der Waals surface area (Å²) in [7, 11) is 0. The summed E-state index contributed by atoms with van der Waals surface area (Å²) in [5.74, 6) is 0.565. The number of rotatable bonds is 5. The topological polar surface area (TPSA) is 28.7 Å². The van der Waals surface area contributed by atoms with Crippen LogP contribution in [0.3, 0.4) is 0 Å². The molecule has 0 saturated heterocycles. The molecule has 2 saturated carbocycles. The summed E-state index contributed by atoms with van der Waals surface area (Å²) in [5, 5.41) is 7.32. The number of hydrogen-bond donors (Lipinski definition) is 1. The van der Waals surface area contributed by atoms with E-state index in [1.54, 1.807) is 0 Å². The lowest BCUT2D eigenvalue weighted by atomic mass is 9.78. The van der Waals surface area contributed by atoms with Gasteiger partial charge in [-0.25, -0.2) is 4.39 Å². The summed E-state index contributed by atoms with van der Waals surface area (Å²) < 4.78 is 14.0. The molecular formula is C16H25FN2. The van der Waals surface area contributed by atoms with Crippen molar-refractivity contribution in [2.75, 3.05) is 0 Å². The number of hydrogen-bond acceptors (Lipinski definition) is 1. The molecule has 0 radical (unpaired) electrons. The Morgan fingerprint density at radius 1 is 1.37 bits per heavy atom. The predicted octanol–water partition coefficient (Wildman–Crippen LogP) is 4.83. The van der Waals surface area contributed by atoms with E-state index < -0.39 is 5.67 Å². The molecule has 0 bridgehead atoms. The van der Waals surface area contributed by atoms with Crippen LogP contribution in [0, 0.1) is 5.41 Å². The Hall–Kier alpha value is -0.860. The largest absolute Gasteiger partial charge is 0.282 e. The number of alkyl halides is 1. The van der Waals surface area contributed by atoms with Gasteiger partial charge in [0, 0.05) is 11.6 Å². The molecule has 2 nitrogen and oxygen atoms in total. The third kappa shape index (κ3) is 2.32. The number of halogens is 1. The van der Waals surface area contributed by atoms with Crippen molar-refractivity contribution in [3.63, 3.8) is 0 Å². The van der Waals surface area contributed by atoms with Crippen molar-refractivity contribution in [2.45, 2.75) is 76.8 Å². The van der Waals surface area contributed by atoms with Gasteiger partial charge in [0.1, 0.15) is 0 Å². The highest BCUT2D eigenvalue weighted by Crippen LogP contribution is 2.53. The first-order valence-corrected chi connectivity index (χ1v) is 7.85. The van der Waals surface area contributed by atoms with E-state index in [1.807, 2.05) is 6.07 Å². The van der Waals surface area contributed by atoms with Gasteiger partial charge >= 0.3 is 0 Å². The third-order valence-electron chi connectivity index (χ3n) is 5.42. The number of nitrogens with one attached hydrogen (secondary N) is 1. The lowest BCUT2D eigenvalue weighted by molar-refractivity contribution is 0.253. The van der Waals surface area contributed by atoms with Crippen LogP contribution in [0.2, 0.25) is 0 Å². The fourth-order valence-corrected chi connectivity index (χ4v) is 3.87. The molecule has 2 unspecified atom stereocenters. The molecule has 1 heterocycles. The van der Waals surface area contributed by atoms with E-state index in [0.717, 1.165) is 0 Å². The monoisotopic (exact) mass is 264 g/mol. The fourth-order valence-electron chi connectivity index (χ4n) is 3.87. The van der Waals surface area contributed by atoms with E-state index >= 15 is 0 Å². The van der Waals surface area contributed by atoms with Crippen LogP contribution in [-0.2, 0) is 5.67 Å². The van der Waals surface area contributed by atoms with Crippen molar-refractivity contribution < 1.29 is 4.39 Å². The Morgan fingerprint density at radius 3 is 2.79 bits per heavy atom. The lowest BCUT2D eigenvalue weighted by Gasteiger charge is -2.27. The number of aromatic nitrogens is 2. The zero-order valence-corrected chi connectivity index (χ0v) is 12.1. The average molecular weight is 264 g/mol. The maximum absolute atomic E-state index is 14.0. The smallest absolute Gasteiger partial charge is 0.154 e. The minimum atomic E-state index is -1.10. The van der Waals surface area contributed by atoms with Crippen molar-refractivity contribution in [3.8, 4) is 0 Å².